The molecule has 436 valence electrons. The lowest BCUT2D eigenvalue weighted by Gasteiger charge is -2.42. The molecule has 3 aliphatic rings. The highest BCUT2D eigenvalue weighted by Gasteiger charge is 2.56. The standard InChI is InChI=1S/C52H68N14O10P2S2Si2/c1-51(2,3)81(7,8)75-41-37-35(73-49(41)65-31-59-39-43(55-29-57-45(39)65)61-47(67)33-19-13-11-14-20-33)27-71-78(80,70-26-18-24-54)64-38-36(28-72-77(79,63-37)69-25-17-23-53)74-50(42(38)76-82(9,10)52(4,5)6)66-32-60-40-44(56-30-58-46(40)66)62-48(68)34-21-15-12-16-22-34/h11-16,19-22,29-32,35-38,41-42,49-50H,17-18,25-28H2,1-10H3,(H,63,79)(H,64,80)(H,55,57,61,67)(H,56,58,62,68)/t35-,36-,37-,38-,41-,42-,49-,50-,77?,78?/m1/s1. The summed E-state index contributed by atoms with van der Waals surface area (Å²) in [6, 6.07) is 20.0. The van der Waals surface area contributed by atoms with Gasteiger partial charge in [0, 0.05) is 11.1 Å². The van der Waals surface area contributed by atoms with Crippen LogP contribution < -0.4 is 20.8 Å². The summed E-state index contributed by atoms with van der Waals surface area (Å²) in [6.07, 6.45) is 0.145. The van der Waals surface area contributed by atoms with Gasteiger partial charge in [0.2, 0.25) is 0 Å². The molecule has 2 amide bonds. The molecule has 6 aromatic rings. The van der Waals surface area contributed by atoms with Crippen LogP contribution in [0.15, 0.2) is 86.0 Å². The van der Waals surface area contributed by atoms with E-state index in [-0.39, 0.29) is 72.8 Å². The van der Waals surface area contributed by atoms with Crippen molar-refractivity contribution in [3.63, 3.8) is 0 Å². The SMILES string of the molecule is CC(C)(C)[Si](C)(C)O[C@@H]1[C@@H]2NP(=S)(OCCC#N)OC[C@H]3O[C@@H](n4cnc5c(NC(=O)c6ccccc6)ncnc54)[C@H](O[Si](C)(C)C(C)(C)C)[C@@H]3NP(=S)(OCCC#N)OC[C@H]2O[C@H]1n1cnc2c(NC(=O)c3ccccc3)ncnc21. The largest absolute Gasteiger partial charge is 0.408 e. The molecule has 3 fully saturated rings. The van der Waals surface area contributed by atoms with Crippen LogP contribution in [0.2, 0.25) is 36.3 Å². The highest BCUT2D eigenvalue weighted by molar-refractivity contribution is 8.09. The van der Waals surface area contributed by atoms with Gasteiger partial charge < -0.3 is 47.1 Å². The summed E-state index contributed by atoms with van der Waals surface area (Å²) in [4.78, 5) is 54.5. The van der Waals surface area contributed by atoms with Gasteiger partial charge in [-0.3, -0.25) is 18.7 Å². The second kappa shape index (κ2) is 24.8. The summed E-state index contributed by atoms with van der Waals surface area (Å²) in [5.41, 5.74) is 2.10. The minimum atomic E-state index is -3.74. The molecule has 0 bridgehead atoms. The minimum Gasteiger partial charge on any atom is -0.408 e. The summed E-state index contributed by atoms with van der Waals surface area (Å²) in [6.45, 7) is 13.1. The van der Waals surface area contributed by atoms with E-state index in [1.54, 1.807) is 70.3 Å². The molecule has 24 nitrogen and oxygen atoms in total. The number of rotatable bonds is 16. The van der Waals surface area contributed by atoms with Crippen molar-refractivity contribution >= 4 is 99.3 Å². The Bertz CT molecular complexity index is 3240. The van der Waals surface area contributed by atoms with Crippen molar-refractivity contribution in [3.05, 3.63) is 97.1 Å². The Hall–Kier alpha value is -5.21. The van der Waals surface area contributed by atoms with Gasteiger partial charge in [-0.1, -0.05) is 77.9 Å². The molecule has 3 saturated heterocycles. The molecule has 0 aliphatic carbocycles. The number of imidazole rings is 2. The van der Waals surface area contributed by atoms with Gasteiger partial charge in [0.1, 0.15) is 37.1 Å². The van der Waals surface area contributed by atoms with Gasteiger partial charge in [-0.2, -0.15) is 10.5 Å². The Kier molecular flexibility index (Phi) is 18.5. The van der Waals surface area contributed by atoms with E-state index < -0.39 is 78.9 Å². The molecule has 82 heavy (non-hydrogen) atoms. The topological polar surface area (TPSA) is 291 Å². The zero-order valence-corrected chi connectivity index (χ0v) is 52.6. The van der Waals surface area contributed by atoms with E-state index in [9.17, 15) is 20.1 Å². The van der Waals surface area contributed by atoms with Gasteiger partial charge in [0.25, 0.3) is 25.1 Å². The maximum atomic E-state index is 13.4. The van der Waals surface area contributed by atoms with E-state index in [0.29, 0.717) is 33.5 Å². The van der Waals surface area contributed by atoms with Crippen LogP contribution in [0.5, 0.6) is 0 Å². The number of amides is 2. The molecule has 0 spiro atoms. The van der Waals surface area contributed by atoms with E-state index in [1.807, 2.05) is 12.1 Å². The third-order valence-electron chi connectivity index (χ3n) is 15.4. The Morgan fingerprint density at radius 1 is 0.646 bits per heavy atom. The summed E-state index contributed by atoms with van der Waals surface area (Å²) in [7, 11) is -5.51. The van der Waals surface area contributed by atoms with Crippen molar-refractivity contribution in [2.24, 2.45) is 0 Å². The average Bonchev–Trinajstić information content (AvgIpc) is 4.35. The normalized spacial score (nSPS) is 26.4. The quantitative estimate of drug-likeness (QED) is 0.0399. The van der Waals surface area contributed by atoms with E-state index in [1.165, 1.54) is 12.7 Å². The van der Waals surface area contributed by atoms with Crippen LogP contribution in [-0.2, 0) is 60.0 Å². The van der Waals surface area contributed by atoms with Crippen molar-refractivity contribution in [3.8, 4) is 12.1 Å². The number of carbonyl (C=O) groups is 2. The lowest BCUT2D eigenvalue weighted by atomic mass is 10.1. The highest BCUT2D eigenvalue weighted by Crippen LogP contribution is 2.54. The van der Waals surface area contributed by atoms with Crippen LogP contribution in [0.3, 0.4) is 0 Å². The molecule has 2 aromatic carbocycles. The molecular weight excluding hydrogens is 1160 g/mol. The summed E-state index contributed by atoms with van der Waals surface area (Å²) < 4.78 is 59.4. The first-order valence-corrected chi connectivity index (χ1v) is 37.8. The summed E-state index contributed by atoms with van der Waals surface area (Å²) in [5, 5.41) is 31.9. The van der Waals surface area contributed by atoms with Crippen LogP contribution in [0.25, 0.3) is 22.3 Å². The fourth-order valence-corrected chi connectivity index (χ4v) is 16.2. The number of hydrogen-bond donors (Lipinski definition) is 4. The van der Waals surface area contributed by atoms with E-state index >= 15 is 0 Å². The monoisotopic (exact) mass is 1230 g/mol. The fraction of sp³-hybridized carbons (Fsp3) is 0.500. The molecule has 7 heterocycles. The number of hydrogen-bond acceptors (Lipinski definition) is 20. The van der Waals surface area contributed by atoms with Crippen molar-refractivity contribution < 1.29 is 46.0 Å². The van der Waals surface area contributed by atoms with Crippen molar-refractivity contribution in [1.29, 1.82) is 10.5 Å². The molecule has 0 saturated carbocycles. The minimum absolute atomic E-state index is 0.00547. The van der Waals surface area contributed by atoms with Crippen LogP contribution in [0.1, 0.15) is 87.6 Å². The number of aromatic nitrogens is 8. The third-order valence-corrected chi connectivity index (χ3v) is 29.5. The third kappa shape index (κ3) is 13.3. The van der Waals surface area contributed by atoms with Crippen LogP contribution in [-0.4, -0.2) is 130 Å². The van der Waals surface area contributed by atoms with Crippen molar-refractivity contribution in [1.82, 2.24) is 49.2 Å². The van der Waals surface area contributed by atoms with Gasteiger partial charge in [0.15, 0.2) is 63.1 Å². The number of nitriles is 2. The number of anilines is 2. The highest BCUT2D eigenvalue weighted by atomic mass is 32.5. The second-order valence-corrected chi connectivity index (χ2v) is 38.9. The molecule has 30 heteroatoms. The fourth-order valence-electron chi connectivity index (χ4n) is 8.96. The number of ether oxygens (including phenoxy) is 2. The molecule has 2 unspecified atom stereocenters. The molecule has 9 rings (SSSR count). The molecular formula is C52H68N14O10P2S2Si2. The zero-order chi connectivity index (χ0) is 58.8. The Morgan fingerprint density at radius 3 is 1.38 bits per heavy atom. The van der Waals surface area contributed by atoms with Gasteiger partial charge in [-0.15, -0.1) is 0 Å². The van der Waals surface area contributed by atoms with E-state index in [4.69, 9.17) is 70.0 Å². The maximum absolute atomic E-state index is 13.4. The number of fused-ring (bicyclic) bond motifs is 4. The zero-order valence-electron chi connectivity index (χ0n) is 47.2. The first-order valence-electron chi connectivity index (χ1n) is 26.7. The summed E-state index contributed by atoms with van der Waals surface area (Å²) in [5.74, 6) is -0.416. The predicted octanol–water partition coefficient (Wildman–Crippen LogP) is 9.02. The lowest BCUT2D eigenvalue weighted by molar-refractivity contribution is -0.0452. The first kappa shape index (κ1) is 61.4. The Morgan fingerprint density at radius 2 is 1.02 bits per heavy atom. The van der Waals surface area contributed by atoms with Crippen LogP contribution in [0.4, 0.5) is 11.6 Å². The molecule has 3 aliphatic heterocycles. The van der Waals surface area contributed by atoms with Gasteiger partial charge in [-0.25, -0.2) is 40.1 Å². The number of benzene rings is 2. The summed E-state index contributed by atoms with van der Waals surface area (Å²) >= 11 is 13.0. The lowest BCUT2D eigenvalue weighted by Crippen LogP contribution is -2.54. The number of nitrogens with one attached hydrogen (secondary N) is 4. The smallest absolute Gasteiger partial charge is 0.261 e. The van der Waals surface area contributed by atoms with Crippen LogP contribution in [0, 0.1) is 22.7 Å². The molecule has 4 N–H and O–H groups in total. The second-order valence-electron chi connectivity index (χ2n) is 22.9. The van der Waals surface area contributed by atoms with E-state index in [2.05, 4.69) is 121 Å². The molecule has 4 aromatic heterocycles. The first-order chi connectivity index (χ1) is 38.8. The number of carbonyl (C=O) groups excluding carboxylic acids is 2. The maximum Gasteiger partial charge on any atom is 0.261 e. The van der Waals surface area contributed by atoms with E-state index in [0.717, 1.165) is 0 Å². The van der Waals surface area contributed by atoms with Gasteiger partial charge in [0.05, 0.1) is 76.1 Å². The predicted molar refractivity (Wildman–Crippen MR) is 318 cm³/mol. The Labute approximate surface area is 488 Å². The number of nitrogens with zero attached hydrogens (tertiary/aromatic N) is 10. The van der Waals surface area contributed by atoms with Crippen molar-refractivity contribution in [2.75, 3.05) is 37.1 Å². The van der Waals surface area contributed by atoms with Crippen molar-refractivity contribution in [2.45, 2.75) is 140 Å². The Balaban J connectivity index is 1.13. The van der Waals surface area contributed by atoms with Crippen LogP contribution >= 0.6 is 13.3 Å². The molecule has 0 radical (unpaired) electrons. The van der Waals surface area contributed by atoms with Gasteiger partial charge >= 0.3 is 0 Å². The average molecular weight is 1230 g/mol. The molecule has 10 atom stereocenters. The van der Waals surface area contributed by atoms with Gasteiger partial charge in [-0.05, 0) is 84.1 Å².